The zero-order chi connectivity index (χ0) is 14.8. The van der Waals surface area contributed by atoms with Crippen LogP contribution in [0.5, 0.6) is 0 Å². The standard InChI is InChI=1S/C15H10ClN5/c16-12-7-5-10(6-8-12)14-15(18)21(20-19-14)13-4-2-1-3-11(13)9-17/h1-8H,18H2. The lowest BCUT2D eigenvalue weighted by atomic mass is 10.1. The van der Waals surface area contributed by atoms with E-state index in [9.17, 15) is 0 Å². The molecule has 1 aromatic heterocycles. The number of nitrogen functional groups attached to an aromatic ring is 1. The molecule has 0 fully saturated rings. The van der Waals surface area contributed by atoms with Crippen LogP contribution in [0.25, 0.3) is 16.9 Å². The molecule has 0 aliphatic carbocycles. The summed E-state index contributed by atoms with van der Waals surface area (Å²) in [5, 5.41) is 18.0. The van der Waals surface area contributed by atoms with Crippen molar-refractivity contribution < 1.29 is 0 Å². The minimum atomic E-state index is 0.375. The van der Waals surface area contributed by atoms with E-state index in [2.05, 4.69) is 16.4 Å². The molecule has 0 saturated carbocycles. The van der Waals surface area contributed by atoms with E-state index in [-0.39, 0.29) is 0 Å². The lowest BCUT2D eigenvalue weighted by Crippen LogP contribution is -2.04. The average Bonchev–Trinajstić information content (AvgIpc) is 2.89. The first-order chi connectivity index (χ1) is 10.2. The molecule has 0 atom stereocenters. The van der Waals surface area contributed by atoms with Crippen molar-refractivity contribution in [2.45, 2.75) is 0 Å². The molecule has 2 N–H and O–H groups in total. The molecule has 1 heterocycles. The van der Waals surface area contributed by atoms with E-state index in [0.29, 0.717) is 27.8 Å². The molecule has 102 valence electrons. The van der Waals surface area contributed by atoms with Gasteiger partial charge in [0.2, 0.25) is 0 Å². The van der Waals surface area contributed by atoms with Crippen molar-refractivity contribution in [2.24, 2.45) is 0 Å². The van der Waals surface area contributed by atoms with Crippen LogP contribution >= 0.6 is 11.6 Å². The molecule has 0 bridgehead atoms. The van der Waals surface area contributed by atoms with E-state index in [1.165, 1.54) is 4.68 Å². The van der Waals surface area contributed by atoms with E-state index in [1.807, 2.05) is 18.2 Å². The predicted octanol–water partition coefficient (Wildman–Crippen LogP) is 3.04. The van der Waals surface area contributed by atoms with Gasteiger partial charge in [0, 0.05) is 10.6 Å². The number of aromatic nitrogens is 3. The molecule has 0 radical (unpaired) electrons. The van der Waals surface area contributed by atoms with Gasteiger partial charge in [0.25, 0.3) is 0 Å². The molecular weight excluding hydrogens is 286 g/mol. The lowest BCUT2D eigenvalue weighted by Gasteiger charge is -2.05. The van der Waals surface area contributed by atoms with E-state index in [4.69, 9.17) is 22.6 Å². The second-order valence-electron chi connectivity index (χ2n) is 4.37. The van der Waals surface area contributed by atoms with Crippen molar-refractivity contribution >= 4 is 17.4 Å². The molecule has 0 amide bonds. The summed E-state index contributed by atoms with van der Waals surface area (Å²) in [6.07, 6.45) is 0. The van der Waals surface area contributed by atoms with E-state index >= 15 is 0 Å². The van der Waals surface area contributed by atoms with Gasteiger partial charge in [-0.05, 0) is 24.3 Å². The van der Waals surface area contributed by atoms with Crippen molar-refractivity contribution in [1.82, 2.24) is 15.0 Å². The third kappa shape index (κ3) is 2.33. The van der Waals surface area contributed by atoms with Crippen LogP contribution in [0.1, 0.15) is 5.56 Å². The van der Waals surface area contributed by atoms with Crippen LogP contribution < -0.4 is 5.73 Å². The van der Waals surface area contributed by atoms with Crippen molar-refractivity contribution in [3.63, 3.8) is 0 Å². The normalized spacial score (nSPS) is 10.3. The molecule has 21 heavy (non-hydrogen) atoms. The number of halogens is 1. The Bertz CT molecular complexity index is 830. The molecule has 5 nitrogen and oxygen atoms in total. The average molecular weight is 296 g/mol. The Hall–Kier alpha value is -2.84. The number of nitrogens with two attached hydrogens (primary N) is 1. The summed E-state index contributed by atoms with van der Waals surface area (Å²) in [6.45, 7) is 0. The first kappa shape index (κ1) is 13.2. The Morgan fingerprint density at radius 3 is 2.52 bits per heavy atom. The fourth-order valence-corrected chi connectivity index (χ4v) is 2.16. The smallest absolute Gasteiger partial charge is 0.155 e. The number of benzene rings is 2. The summed E-state index contributed by atoms with van der Waals surface area (Å²) in [5.41, 5.74) is 8.58. The first-order valence-corrected chi connectivity index (χ1v) is 6.55. The number of nitrogens with zero attached hydrogens (tertiary/aromatic N) is 4. The van der Waals surface area contributed by atoms with Gasteiger partial charge in [0.1, 0.15) is 11.8 Å². The Morgan fingerprint density at radius 1 is 1.10 bits per heavy atom. The molecule has 0 aliphatic rings. The van der Waals surface area contributed by atoms with Crippen LogP contribution in [0.4, 0.5) is 5.82 Å². The molecule has 0 spiro atoms. The maximum absolute atomic E-state index is 9.16. The second-order valence-corrected chi connectivity index (χ2v) is 4.81. The van der Waals surface area contributed by atoms with Crippen LogP contribution in [-0.2, 0) is 0 Å². The first-order valence-electron chi connectivity index (χ1n) is 6.17. The highest BCUT2D eigenvalue weighted by molar-refractivity contribution is 6.30. The highest BCUT2D eigenvalue weighted by atomic mass is 35.5. The van der Waals surface area contributed by atoms with Crippen LogP contribution in [0.15, 0.2) is 48.5 Å². The van der Waals surface area contributed by atoms with Crippen molar-refractivity contribution in [3.05, 3.63) is 59.1 Å². The molecule has 0 unspecified atom stereocenters. The van der Waals surface area contributed by atoms with Crippen LogP contribution in [0, 0.1) is 11.3 Å². The summed E-state index contributed by atoms with van der Waals surface area (Å²) in [4.78, 5) is 0. The SMILES string of the molecule is N#Cc1ccccc1-n1nnc(-c2ccc(Cl)cc2)c1N. The number of rotatable bonds is 2. The summed E-state index contributed by atoms with van der Waals surface area (Å²) in [6, 6.07) is 16.4. The van der Waals surface area contributed by atoms with Gasteiger partial charge in [0.05, 0.1) is 11.3 Å². The topological polar surface area (TPSA) is 80.5 Å². The van der Waals surface area contributed by atoms with Gasteiger partial charge in [0.15, 0.2) is 5.82 Å². The monoisotopic (exact) mass is 295 g/mol. The number of hydrogen-bond acceptors (Lipinski definition) is 4. The van der Waals surface area contributed by atoms with Crippen molar-refractivity contribution in [1.29, 1.82) is 5.26 Å². The van der Waals surface area contributed by atoms with E-state index < -0.39 is 0 Å². The zero-order valence-electron chi connectivity index (χ0n) is 10.9. The second kappa shape index (κ2) is 5.27. The molecule has 3 aromatic rings. The van der Waals surface area contributed by atoms with Gasteiger partial charge in [-0.3, -0.25) is 0 Å². The van der Waals surface area contributed by atoms with Crippen LogP contribution in [-0.4, -0.2) is 15.0 Å². The van der Waals surface area contributed by atoms with Gasteiger partial charge >= 0.3 is 0 Å². The largest absolute Gasteiger partial charge is 0.382 e. The Kier molecular flexibility index (Phi) is 3.30. The number of nitriles is 1. The zero-order valence-corrected chi connectivity index (χ0v) is 11.6. The van der Waals surface area contributed by atoms with Crippen molar-refractivity contribution in [2.75, 3.05) is 5.73 Å². The Labute approximate surface area is 126 Å². The fourth-order valence-electron chi connectivity index (χ4n) is 2.03. The molecule has 3 rings (SSSR count). The lowest BCUT2D eigenvalue weighted by molar-refractivity contribution is 0.808. The molecule has 0 saturated heterocycles. The third-order valence-corrected chi connectivity index (χ3v) is 3.33. The van der Waals surface area contributed by atoms with Crippen LogP contribution in [0.2, 0.25) is 5.02 Å². The van der Waals surface area contributed by atoms with E-state index in [0.717, 1.165) is 5.56 Å². The summed E-state index contributed by atoms with van der Waals surface area (Å²) in [7, 11) is 0. The molecule has 2 aromatic carbocycles. The Morgan fingerprint density at radius 2 is 1.81 bits per heavy atom. The van der Waals surface area contributed by atoms with Crippen molar-refractivity contribution in [3.8, 4) is 23.0 Å². The quantitative estimate of drug-likeness (QED) is 0.788. The van der Waals surface area contributed by atoms with Gasteiger partial charge < -0.3 is 5.73 Å². The Balaban J connectivity index is 2.12. The fraction of sp³-hybridized carbons (Fsp3) is 0. The summed E-state index contributed by atoms with van der Waals surface area (Å²) < 4.78 is 1.46. The molecule has 0 aliphatic heterocycles. The van der Waals surface area contributed by atoms with Gasteiger partial charge in [-0.2, -0.15) is 9.94 Å². The van der Waals surface area contributed by atoms with Crippen LogP contribution in [0.3, 0.4) is 0 Å². The predicted molar refractivity (Wildman–Crippen MR) is 80.9 cm³/mol. The maximum Gasteiger partial charge on any atom is 0.155 e. The summed E-state index contributed by atoms with van der Waals surface area (Å²) >= 11 is 5.87. The van der Waals surface area contributed by atoms with Gasteiger partial charge in [-0.25, -0.2) is 0 Å². The minimum Gasteiger partial charge on any atom is -0.382 e. The number of para-hydroxylation sites is 1. The van der Waals surface area contributed by atoms with Gasteiger partial charge in [-0.1, -0.05) is 41.1 Å². The maximum atomic E-state index is 9.16. The minimum absolute atomic E-state index is 0.375. The number of hydrogen-bond donors (Lipinski definition) is 1. The highest BCUT2D eigenvalue weighted by Crippen LogP contribution is 2.27. The van der Waals surface area contributed by atoms with E-state index in [1.54, 1.807) is 30.3 Å². The van der Waals surface area contributed by atoms with Gasteiger partial charge in [-0.15, -0.1) is 5.10 Å². The molecule has 6 heteroatoms. The third-order valence-electron chi connectivity index (χ3n) is 3.08. The highest BCUT2D eigenvalue weighted by Gasteiger charge is 2.15. The summed E-state index contributed by atoms with van der Waals surface area (Å²) in [5.74, 6) is 0.375. The molecular formula is C15H10ClN5. The number of anilines is 1.